The maximum absolute atomic E-state index is 16.3. The molecule has 2 fully saturated rings. The number of aromatic nitrogens is 4. The molecule has 2 aliphatic heterocycles. The number of amides is 2. The lowest BCUT2D eigenvalue weighted by molar-refractivity contribution is -0.135. The van der Waals surface area contributed by atoms with Crippen molar-refractivity contribution in [3.8, 4) is 33.5 Å². The molecule has 50 heavy (non-hydrogen) atoms. The Bertz CT molecular complexity index is 2120. The minimum absolute atomic E-state index is 0.0289. The molecule has 3 aromatic carbocycles. The van der Waals surface area contributed by atoms with E-state index in [1.165, 1.54) is 6.07 Å². The lowest BCUT2D eigenvalue weighted by Crippen LogP contribution is -2.54. The second-order valence-electron chi connectivity index (χ2n) is 13.8. The number of imidazole rings is 2. The van der Waals surface area contributed by atoms with Crippen LogP contribution >= 0.6 is 0 Å². The van der Waals surface area contributed by atoms with Crippen LogP contribution in [0, 0.1) is 5.92 Å². The molecule has 3 atom stereocenters. The van der Waals surface area contributed by atoms with Gasteiger partial charge >= 0.3 is 6.09 Å². The van der Waals surface area contributed by atoms with Gasteiger partial charge in [-0.3, -0.25) is 10.2 Å². The zero-order chi connectivity index (χ0) is 34.7. The predicted octanol–water partition coefficient (Wildman–Crippen LogP) is 6.63. The van der Waals surface area contributed by atoms with Gasteiger partial charge < -0.3 is 25.3 Å². The fourth-order valence-corrected chi connectivity index (χ4v) is 7.66. The molecule has 2 aromatic heterocycles. The van der Waals surface area contributed by atoms with E-state index in [1.807, 2.05) is 44.2 Å². The van der Waals surface area contributed by atoms with Gasteiger partial charge in [0.2, 0.25) is 5.91 Å². The molecule has 11 nitrogen and oxygen atoms in total. The molecule has 0 radical (unpaired) electrons. The van der Waals surface area contributed by atoms with E-state index in [4.69, 9.17) is 10.1 Å². The highest BCUT2D eigenvalue weighted by molar-refractivity contribution is 5.87. The van der Waals surface area contributed by atoms with Gasteiger partial charge in [0.15, 0.2) is 0 Å². The zero-order valence-electron chi connectivity index (χ0n) is 27.7. The summed E-state index contributed by atoms with van der Waals surface area (Å²) in [5.41, 5.74) is 10.0. The third-order valence-electron chi connectivity index (χ3n) is 10.3. The van der Waals surface area contributed by atoms with Crippen molar-refractivity contribution in [2.45, 2.75) is 63.6 Å². The lowest BCUT2D eigenvalue weighted by Gasteiger charge is -2.30. The summed E-state index contributed by atoms with van der Waals surface area (Å²) in [7, 11) is 0. The molecule has 258 valence electrons. The summed E-state index contributed by atoms with van der Waals surface area (Å²) in [6, 6.07) is 15.3. The molecule has 0 spiro atoms. The molecule has 8 rings (SSSR count). The van der Waals surface area contributed by atoms with Gasteiger partial charge in [0.1, 0.15) is 17.7 Å². The third-order valence-corrected chi connectivity index (χ3v) is 10.3. The molecular weight excluding hydrogens is 642 g/mol. The van der Waals surface area contributed by atoms with Gasteiger partial charge in [0.05, 0.1) is 35.0 Å². The average molecular weight is 681 g/mol. The molecule has 0 unspecified atom stereocenters. The number of nitrogens with one attached hydrogen (secondary N) is 5. The number of alkyl halides is 2. The summed E-state index contributed by atoms with van der Waals surface area (Å²) in [5.74, 6) is -2.17. The highest BCUT2D eigenvalue weighted by atomic mass is 19.3. The Balaban J connectivity index is 1.04. The normalized spacial score (nSPS) is 20.0. The van der Waals surface area contributed by atoms with E-state index in [1.54, 1.807) is 29.3 Å². The number of benzene rings is 3. The fourth-order valence-electron chi connectivity index (χ4n) is 7.66. The Hall–Kier alpha value is -5.14. The maximum Gasteiger partial charge on any atom is 0.419 e. The number of aromatic amines is 2. The van der Waals surface area contributed by atoms with Gasteiger partial charge in [-0.1, -0.05) is 44.2 Å². The molecule has 3 aliphatic rings. The van der Waals surface area contributed by atoms with Crippen LogP contribution < -0.4 is 16.2 Å². The summed E-state index contributed by atoms with van der Waals surface area (Å²) < 4.78 is 32.5. The van der Waals surface area contributed by atoms with Crippen molar-refractivity contribution in [2.24, 2.45) is 5.92 Å². The predicted molar refractivity (Wildman–Crippen MR) is 184 cm³/mol. The molecule has 0 bridgehead atoms. The number of hydrogen-bond acceptors (Lipinski definition) is 6. The summed E-state index contributed by atoms with van der Waals surface area (Å²) in [6.07, 6.45) is 3.89. The molecule has 13 heteroatoms. The molecule has 6 N–H and O–H groups in total. The number of carboxylic acid groups (broad SMARTS) is 1. The summed E-state index contributed by atoms with van der Waals surface area (Å²) in [6.45, 7) is 5.14. The second-order valence-corrected chi connectivity index (χ2v) is 13.8. The lowest BCUT2D eigenvalue weighted by atomic mass is 9.98. The topological polar surface area (TPSA) is 151 Å². The summed E-state index contributed by atoms with van der Waals surface area (Å²) >= 11 is 0. The average Bonchev–Trinajstić information content (AvgIpc) is 3.94. The Labute approximate surface area is 286 Å². The molecule has 5 aromatic rings. The first kappa shape index (κ1) is 32.1. The number of hydrazine groups is 1. The van der Waals surface area contributed by atoms with E-state index < -0.39 is 18.1 Å². The van der Waals surface area contributed by atoms with Crippen molar-refractivity contribution < 1.29 is 23.5 Å². The van der Waals surface area contributed by atoms with Crippen LogP contribution in [0.2, 0.25) is 0 Å². The van der Waals surface area contributed by atoms with E-state index in [0.717, 1.165) is 48.2 Å². The van der Waals surface area contributed by atoms with Crippen molar-refractivity contribution >= 4 is 23.0 Å². The van der Waals surface area contributed by atoms with Gasteiger partial charge in [-0.2, -0.15) is 8.78 Å². The van der Waals surface area contributed by atoms with Gasteiger partial charge in [-0.25, -0.2) is 20.2 Å². The van der Waals surface area contributed by atoms with Crippen LogP contribution in [0.1, 0.15) is 74.4 Å². The number of rotatable bonds is 8. The number of H-pyrrole nitrogens is 2. The van der Waals surface area contributed by atoms with Crippen LogP contribution in [0.25, 0.3) is 44.5 Å². The van der Waals surface area contributed by atoms with Crippen LogP contribution in [0.3, 0.4) is 0 Å². The number of halogens is 2. The molecule has 4 heterocycles. The van der Waals surface area contributed by atoms with Crippen molar-refractivity contribution in [1.29, 1.82) is 0 Å². The van der Waals surface area contributed by atoms with Gasteiger partial charge in [-0.05, 0) is 84.7 Å². The van der Waals surface area contributed by atoms with Crippen LogP contribution in [0.4, 0.5) is 13.6 Å². The third kappa shape index (κ3) is 5.50. The maximum atomic E-state index is 16.3. The Kier molecular flexibility index (Phi) is 7.91. The van der Waals surface area contributed by atoms with E-state index in [9.17, 15) is 9.59 Å². The van der Waals surface area contributed by atoms with Gasteiger partial charge in [0, 0.05) is 23.2 Å². The van der Waals surface area contributed by atoms with Crippen molar-refractivity contribution in [3.05, 3.63) is 83.6 Å². The van der Waals surface area contributed by atoms with Gasteiger partial charge in [0.25, 0.3) is 5.92 Å². The highest BCUT2D eigenvalue weighted by Crippen LogP contribution is 2.52. The quantitative estimate of drug-likeness (QED) is 0.101. The van der Waals surface area contributed by atoms with Crippen molar-refractivity contribution in [1.82, 2.24) is 41.0 Å². The number of fused-ring (bicyclic) bond motifs is 4. The molecule has 1 aliphatic carbocycles. The number of carbonyl (C=O) groups is 2. The number of nitrogens with zero attached hydrogens (tertiary/aromatic N) is 3. The van der Waals surface area contributed by atoms with E-state index in [2.05, 4.69) is 31.1 Å². The van der Waals surface area contributed by atoms with Gasteiger partial charge in [-0.15, -0.1) is 0 Å². The minimum Gasteiger partial charge on any atom is -0.464 e. The fraction of sp³-hybridized carbons (Fsp3) is 0.351. The monoisotopic (exact) mass is 680 g/mol. The van der Waals surface area contributed by atoms with Crippen LogP contribution in [-0.2, 0) is 10.7 Å². The van der Waals surface area contributed by atoms with Crippen molar-refractivity contribution in [2.75, 3.05) is 13.1 Å². The Morgan fingerprint density at radius 3 is 2.38 bits per heavy atom. The highest BCUT2D eigenvalue weighted by Gasteiger charge is 2.45. The number of carbonyl (C=O) groups excluding carboxylic acids is 1. The number of hydrogen-bond donors (Lipinski definition) is 6. The number of likely N-dealkylation sites (tertiary alicyclic amines) is 1. The largest absolute Gasteiger partial charge is 0.464 e. The Morgan fingerprint density at radius 1 is 0.940 bits per heavy atom. The first-order valence-electron chi connectivity index (χ1n) is 17.1. The van der Waals surface area contributed by atoms with E-state index >= 15 is 8.78 Å². The van der Waals surface area contributed by atoms with Crippen LogP contribution in [-0.4, -0.2) is 61.1 Å². The molecular formula is C37H38F2N8O3. The standard InChI is InChI=1S/C37H38F2N8O3/c1-19(2)32(45-46-36(49)50)35(48)47-14-4-6-31(47)34-41-18-30(44-34)22-8-11-24-23-10-7-20(15-25(23)37(38,39)26(24)16-22)21-9-12-27-29(17-21)43-33(42-27)28-5-3-13-40-28/h7-12,15-19,28,31-32,40,45-46H,3-6,13-14H2,1-2H3,(H,41,44)(H,42,43)(H,49,50)/t28-,31-,32-/m0/s1. The SMILES string of the molecule is CC(C)[C@H](NNC(=O)O)C(=O)N1CCC[C@H]1c1ncc(-c2ccc3c(c2)C(F)(F)c2cc(-c4ccc5nc([C@@H]6CCCN6)[nH]c5c4)ccc2-3)[nH]1. The smallest absolute Gasteiger partial charge is 0.419 e. The second kappa shape index (κ2) is 12.3. The van der Waals surface area contributed by atoms with Crippen LogP contribution in [0.5, 0.6) is 0 Å². The first-order valence-corrected chi connectivity index (χ1v) is 17.1. The summed E-state index contributed by atoms with van der Waals surface area (Å²) in [5, 5.41) is 12.5. The summed E-state index contributed by atoms with van der Waals surface area (Å²) in [4.78, 5) is 42.3. The minimum atomic E-state index is -3.21. The van der Waals surface area contributed by atoms with E-state index in [-0.39, 0.29) is 35.0 Å². The molecule has 0 saturated carbocycles. The zero-order valence-corrected chi connectivity index (χ0v) is 27.7. The molecule has 2 saturated heterocycles. The van der Waals surface area contributed by atoms with Crippen molar-refractivity contribution in [3.63, 3.8) is 0 Å². The Morgan fingerprint density at radius 2 is 1.66 bits per heavy atom. The first-order chi connectivity index (χ1) is 24.1. The molecule has 2 amide bonds. The van der Waals surface area contributed by atoms with E-state index in [0.29, 0.717) is 46.7 Å². The van der Waals surface area contributed by atoms with Crippen LogP contribution in [0.15, 0.2) is 60.8 Å².